The van der Waals surface area contributed by atoms with E-state index in [0.29, 0.717) is 29.6 Å². The van der Waals surface area contributed by atoms with Crippen molar-refractivity contribution in [1.82, 2.24) is 4.98 Å². The van der Waals surface area contributed by atoms with Crippen molar-refractivity contribution in [2.75, 3.05) is 10.6 Å². The highest BCUT2D eigenvalue weighted by molar-refractivity contribution is 5.80. The van der Waals surface area contributed by atoms with E-state index in [1.54, 1.807) is 0 Å². The predicted octanol–water partition coefficient (Wildman–Crippen LogP) is 10.6. The van der Waals surface area contributed by atoms with Gasteiger partial charge in [-0.1, -0.05) is 99.6 Å². The predicted molar refractivity (Wildman–Crippen MR) is 159 cm³/mol. The normalized spacial score (nSPS) is 12.6. The zero-order chi connectivity index (χ0) is 26.6. The molecule has 0 saturated heterocycles. The van der Waals surface area contributed by atoms with Crippen molar-refractivity contribution < 1.29 is 0 Å². The second-order valence-corrected chi connectivity index (χ2v) is 11.5. The molecule has 3 aromatic rings. The molecule has 0 fully saturated rings. The smallest absolute Gasteiger partial charge is 0.154 e. The minimum atomic E-state index is 0.413. The van der Waals surface area contributed by atoms with E-state index < -0.39 is 0 Å². The number of benzene rings is 2. The first kappa shape index (κ1) is 27.8. The molecule has 0 saturated carbocycles. The van der Waals surface area contributed by atoms with Crippen LogP contribution in [0.5, 0.6) is 0 Å². The molecule has 0 amide bonds. The summed E-state index contributed by atoms with van der Waals surface area (Å²) in [6, 6.07) is 15.6. The molecule has 3 heteroatoms. The maximum Gasteiger partial charge on any atom is 0.154 e. The molecule has 1 unspecified atom stereocenters. The number of anilines is 4. The number of para-hydroxylation sites is 1. The van der Waals surface area contributed by atoms with Crippen LogP contribution in [0, 0.1) is 0 Å². The number of hydrogen-bond acceptors (Lipinski definition) is 3. The summed E-state index contributed by atoms with van der Waals surface area (Å²) in [4.78, 5) is 4.81. The standard InChI is InChI=1S/C33H47N3/c1-11-24(10)25-18-28(22(6)7)32(29(19-25)23(8)9)35-30-16-13-17-34-33(30)36-31-26(20(2)3)14-12-15-27(31)21(4)5/h12-24,35H,11H2,1-10H3,(H,34,36). The van der Waals surface area contributed by atoms with Gasteiger partial charge in [-0.25, -0.2) is 4.98 Å². The fourth-order valence-electron chi connectivity index (χ4n) is 4.84. The van der Waals surface area contributed by atoms with Crippen molar-refractivity contribution in [2.45, 2.75) is 105 Å². The molecule has 3 rings (SSSR count). The summed E-state index contributed by atoms with van der Waals surface area (Å²) in [5.41, 5.74) is 10.2. The van der Waals surface area contributed by atoms with Crippen molar-refractivity contribution in [3.05, 3.63) is 76.5 Å². The van der Waals surface area contributed by atoms with E-state index in [2.05, 4.69) is 116 Å². The van der Waals surface area contributed by atoms with Gasteiger partial charge >= 0.3 is 0 Å². The summed E-state index contributed by atoms with van der Waals surface area (Å²) in [5, 5.41) is 7.60. The highest BCUT2D eigenvalue weighted by Crippen LogP contribution is 2.40. The molecular weight excluding hydrogens is 438 g/mol. The summed E-state index contributed by atoms with van der Waals surface area (Å²) in [6.45, 7) is 22.8. The van der Waals surface area contributed by atoms with E-state index in [0.717, 1.165) is 17.9 Å². The van der Waals surface area contributed by atoms with E-state index in [9.17, 15) is 0 Å². The molecule has 0 bridgehead atoms. The lowest BCUT2D eigenvalue weighted by molar-refractivity contribution is 0.724. The lowest BCUT2D eigenvalue weighted by atomic mass is 9.86. The van der Waals surface area contributed by atoms with E-state index in [4.69, 9.17) is 4.98 Å². The molecule has 194 valence electrons. The molecule has 1 aromatic heterocycles. The molecule has 3 nitrogen and oxygen atoms in total. The molecule has 0 aliphatic carbocycles. The average molecular weight is 486 g/mol. The minimum Gasteiger partial charge on any atom is -0.352 e. The molecule has 36 heavy (non-hydrogen) atoms. The van der Waals surface area contributed by atoms with Crippen LogP contribution in [0.15, 0.2) is 48.7 Å². The number of hydrogen-bond donors (Lipinski definition) is 2. The number of rotatable bonds is 10. The lowest BCUT2D eigenvalue weighted by Crippen LogP contribution is -2.09. The Morgan fingerprint density at radius 1 is 0.639 bits per heavy atom. The Morgan fingerprint density at radius 3 is 1.61 bits per heavy atom. The number of nitrogens with one attached hydrogen (secondary N) is 2. The lowest BCUT2D eigenvalue weighted by Gasteiger charge is -2.26. The van der Waals surface area contributed by atoms with Crippen molar-refractivity contribution >= 4 is 22.9 Å². The van der Waals surface area contributed by atoms with Gasteiger partial charge in [-0.15, -0.1) is 0 Å². The van der Waals surface area contributed by atoms with Gasteiger partial charge < -0.3 is 10.6 Å². The Balaban J connectivity index is 2.13. The van der Waals surface area contributed by atoms with Crippen LogP contribution in [0.2, 0.25) is 0 Å². The summed E-state index contributed by atoms with van der Waals surface area (Å²) in [5.74, 6) is 3.07. The third kappa shape index (κ3) is 6.11. The third-order valence-corrected chi connectivity index (χ3v) is 7.33. The van der Waals surface area contributed by atoms with Gasteiger partial charge in [0, 0.05) is 17.6 Å². The van der Waals surface area contributed by atoms with Crippen LogP contribution in [0.3, 0.4) is 0 Å². The summed E-state index contributed by atoms with van der Waals surface area (Å²) < 4.78 is 0. The van der Waals surface area contributed by atoms with Gasteiger partial charge in [0.15, 0.2) is 5.82 Å². The largest absolute Gasteiger partial charge is 0.352 e. The van der Waals surface area contributed by atoms with E-state index in [-0.39, 0.29) is 0 Å². The minimum absolute atomic E-state index is 0.413. The Kier molecular flexibility index (Phi) is 9.22. The molecule has 1 atom stereocenters. The maximum absolute atomic E-state index is 4.81. The highest BCUT2D eigenvalue weighted by atomic mass is 15.0. The SMILES string of the molecule is CCC(C)c1cc(C(C)C)c(Nc2cccnc2Nc2c(C(C)C)cccc2C(C)C)c(C(C)C)c1. The van der Waals surface area contributed by atoms with Gasteiger partial charge in [-0.2, -0.15) is 0 Å². The molecule has 0 aliphatic rings. The van der Waals surface area contributed by atoms with Gasteiger partial charge in [0.1, 0.15) is 0 Å². The van der Waals surface area contributed by atoms with Gasteiger partial charge in [-0.3, -0.25) is 0 Å². The zero-order valence-electron chi connectivity index (χ0n) is 24.2. The van der Waals surface area contributed by atoms with Crippen molar-refractivity contribution in [2.24, 2.45) is 0 Å². The number of aromatic nitrogens is 1. The maximum atomic E-state index is 4.81. The summed E-state index contributed by atoms with van der Waals surface area (Å²) in [7, 11) is 0. The van der Waals surface area contributed by atoms with Crippen LogP contribution in [0.25, 0.3) is 0 Å². The van der Waals surface area contributed by atoms with Gasteiger partial charge in [0.2, 0.25) is 0 Å². The Labute approximate surface area is 220 Å². The molecule has 0 aliphatic heterocycles. The van der Waals surface area contributed by atoms with Gasteiger partial charge in [0.05, 0.1) is 5.69 Å². The van der Waals surface area contributed by atoms with Crippen LogP contribution in [0.1, 0.15) is 133 Å². The van der Waals surface area contributed by atoms with Crippen LogP contribution in [-0.4, -0.2) is 4.98 Å². The van der Waals surface area contributed by atoms with Gasteiger partial charge in [0.25, 0.3) is 0 Å². The van der Waals surface area contributed by atoms with E-state index >= 15 is 0 Å². The fourth-order valence-corrected chi connectivity index (χ4v) is 4.84. The fraction of sp³-hybridized carbons (Fsp3) is 0.485. The summed E-state index contributed by atoms with van der Waals surface area (Å²) >= 11 is 0. The van der Waals surface area contributed by atoms with Crippen molar-refractivity contribution in [3.8, 4) is 0 Å². The highest BCUT2D eigenvalue weighted by Gasteiger charge is 2.20. The van der Waals surface area contributed by atoms with Crippen LogP contribution >= 0.6 is 0 Å². The third-order valence-electron chi connectivity index (χ3n) is 7.33. The van der Waals surface area contributed by atoms with Crippen molar-refractivity contribution in [3.63, 3.8) is 0 Å². The Hall–Kier alpha value is -2.81. The first-order valence-corrected chi connectivity index (χ1v) is 13.8. The van der Waals surface area contributed by atoms with E-state index in [1.165, 1.54) is 39.2 Å². The summed E-state index contributed by atoms with van der Waals surface area (Å²) in [6.07, 6.45) is 3.02. The van der Waals surface area contributed by atoms with Crippen LogP contribution < -0.4 is 10.6 Å². The first-order valence-electron chi connectivity index (χ1n) is 13.8. The van der Waals surface area contributed by atoms with Crippen LogP contribution in [-0.2, 0) is 0 Å². The first-order chi connectivity index (χ1) is 17.0. The Morgan fingerprint density at radius 2 is 1.14 bits per heavy atom. The Bertz CT molecular complexity index is 1100. The molecule has 0 spiro atoms. The molecule has 0 radical (unpaired) electrons. The van der Waals surface area contributed by atoms with Gasteiger partial charge in [-0.05, 0) is 76.0 Å². The number of nitrogens with zero attached hydrogens (tertiary/aromatic N) is 1. The molecule has 1 heterocycles. The quantitative estimate of drug-likeness (QED) is 0.300. The molecular formula is C33H47N3. The average Bonchev–Trinajstić information content (AvgIpc) is 2.84. The zero-order valence-corrected chi connectivity index (χ0v) is 24.2. The second kappa shape index (κ2) is 12.0. The monoisotopic (exact) mass is 485 g/mol. The number of pyridine rings is 1. The second-order valence-electron chi connectivity index (χ2n) is 11.5. The van der Waals surface area contributed by atoms with E-state index in [1.807, 2.05) is 12.3 Å². The van der Waals surface area contributed by atoms with Crippen LogP contribution in [0.4, 0.5) is 22.9 Å². The van der Waals surface area contributed by atoms with Crippen molar-refractivity contribution in [1.29, 1.82) is 0 Å². The topological polar surface area (TPSA) is 37.0 Å². The molecule has 2 aromatic carbocycles. The molecule has 2 N–H and O–H groups in total.